The molecule has 0 aromatic heterocycles. The van der Waals surface area contributed by atoms with Crippen LogP contribution in [0.4, 0.5) is 0 Å². The fourth-order valence-corrected chi connectivity index (χ4v) is 2.49. The second-order valence-corrected chi connectivity index (χ2v) is 6.85. The summed E-state index contributed by atoms with van der Waals surface area (Å²) >= 11 is 0. The van der Waals surface area contributed by atoms with Crippen molar-refractivity contribution in [1.29, 1.82) is 0 Å². The van der Waals surface area contributed by atoms with E-state index in [1.54, 1.807) is 0 Å². The highest BCUT2D eigenvalue weighted by molar-refractivity contribution is 5.69. The van der Waals surface area contributed by atoms with Gasteiger partial charge in [0, 0.05) is 6.42 Å². The van der Waals surface area contributed by atoms with E-state index in [9.17, 15) is 4.79 Å². The Morgan fingerprint density at radius 2 is 1.41 bits per heavy atom. The number of ether oxygens (including phenoxy) is 1. The number of unbranched alkanes of at least 4 members (excludes halogenated alkanes) is 7. The van der Waals surface area contributed by atoms with Gasteiger partial charge in [0.15, 0.2) is 0 Å². The van der Waals surface area contributed by atoms with Crippen LogP contribution in [-0.4, -0.2) is 35.5 Å². The highest BCUT2D eigenvalue weighted by Gasteiger charge is 2.07. The molecule has 0 rings (SSSR count). The molecular formula is C23H40O4. The summed E-state index contributed by atoms with van der Waals surface area (Å²) in [4.78, 5) is 11.4. The van der Waals surface area contributed by atoms with E-state index >= 15 is 0 Å². The number of aliphatic hydroxyl groups is 2. The molecule has 0 aliphatic heterocycles. The summed E-state index contributed by atoms with van der Waals surface area (Å²) in [5, 5.41) is 17.7. The zero-order chi connectivity index (χ0) is 20.0. The second-order valence-electron chi connectivity index (χ2n) is 6.85. The lowest BCUT2D eigenvalue weighted by atomic mass is 10.1. The van der Waals surface area contributed by atoms with Gasteiger partial charge in [0.1, 0.15) is 12.7 Å². The minimum atomic E-state index is -0.970. The van der Waals surface area contributed by atoms with Crippen molar-refractivity contribution in [3.8, 4) is 0 Å². The predicted octanol–water partition coefficient (Wildman–Crippen LogP) is 5.25. The van der Waals surface area contributed by atoms with Crippen molar-refractivity contribution < 1.29 is 19.7 Å². The van der Waals surface area contributed by atoms with Crippen molar-refractivity contribution in [1.82, 2.24) is 0 Å². The van der Waals surface area contributed by atoms with Crippen molar-refractivity contribution in [2.45, 2.75) is 90.1 Å². The molecule has 27 heavy (non-hydrogen) atoms. The summed E-state index contributed by atoms with van der Waals surface area (Å²) in [6.07, 6.45) is 25.1. The third kappa shape index (κ3) is 20.8. The lowest BCUT2D eigenvalue weighted by molar-refractivity contribution is -0.147. The van der Waals surface area contributed by atoms with Crippen molar-refractivity contribution in [2.24, 2.45) is 0 Å². The molecule has 0 saturated carbocycles. The Kier molecular flexibility index (Phi) is 19.8. The first-order valence-electron chi connectivity index (χ1n) is 10.6. The third-order valence-electron chi connectivity index (χ3n) is 4.17. The van der Waals surface area contributed by atoms with Gasteiger partial charge in [-0.15, -0.1) is 0 Å². The second kappa shape index (κ2) is 20.9. The van der Waals surface area contributed by atoms with Gasteiger partial charge >= 0.3 is 5.97 Å². The fraction of sp³-hybridized carbons (Fsp3) is 0.696. The average molecular weight is 381 g/mol. The van der Waals surface area contributed by atoms with Crippen LogP contribution >= 0.6 is 0 Å². The Hall–Kier alpha value is -1.39. The van der Waals surface area contributed by atoms with E-state index in [1.165, 1.54) is 25.7 Å². The summed E-state index contributed by atoms with van der Waals surface area (Å²) in [6, 6.07) is 0. The van der Waals surface area contributed by atoms with Gasteiger partial charge in [-0.1, -0.05) is 69.1 Å². The lowest BCUT2D eigenvalue weighted by Gasteiger charge is -2.08. The van der Waals surface area contributed by atoms with Crippen LogP contribution in [0.3, 0.4) is 0 Å². The van der Waals surface area contributed by atoms with Gasteiger partial charge in [0.05, 0.1) is 6.61 Å². The third-order valence-corrected chi connectivity index (χ3v) is 4.17. The van der Waals surface area contributed by atoms with Gasteiger partial charge in [0.25, 0.3) is 0 Å². The van der Waals surface area contributed by atoms with E-state index in [0.29, 0.717) is 6.42 Å². The molecule has 0 radical (unpaired) electrons. The zero-order valence-corrected chi connectivity index (χ0v) is 17.2. The monoisotopic (exact) mass is 380 g/mol. The Balaban J connectivity index is 3.37. The summed E-state index contributed by atoms with van der Waals surface area (Å²) in [6.45, 7) is 1.73. The molecule has 2 N–H and O–H groups in total. The number of carbonyl (C=O) groups is 1. The average Bonchev–Trinajstić information content (AvgIpc) is 2.68. The summed E-state index contributed by atoms with van der Waals surface area (Å²) in [5.74, 6) is -0.301. The van der Waals surface area contributed by atoms with Crippen LogP contribution in [0.2, 0.25) is 0 Å². The number of aliphatic hydroxyl groups excluding tert-OH is 2. The molecule has 156 valence electrons. The first-order chi connectivity index (χ1) is 13.2. The van der Waals surface area contributed by atoms with Gasteiger partial charge < -0.3 is 14.9 Å². The maximum atomic E-state index is 11.4. The van der Waals surface area contributed by atoms with Crippen LogP contribution in [0.15, 0.2) is 36.5 Å². The van der Waals surface area contributed by atoms with Crippen LogP contribution in [0.1, 0.15) is 84.0 Å². The molecule has 0 fully saturated rings. The number of rotatable bonds is 18. The largest absolute Gasteiger partial charge is 0.463 e. The maximum absolute atomic E-state index is 11.4. The molecule has 0 aromatic rings. The number of esters is 1. The Labute approximate surface area is 166 Å². The van der Waals surface area contributed by atoms with Crippen LogP contribution in [0.25, 0.3) is 0 Å². The van der Waals surface area contributed by atoms with Crippen LogP contribution in [0.5, 0.6) is 0 Å². The van der Waals surface area contributed by atoms with Crippen molar-refractivity contribution in [2.75, 3.05) is 13.2 Å². The number of allylic oxidation sites excluding steroid dienone is 6. The Bertz CT molecular complexity index is 413. The molecule has 4 nitrogen and oxygen atoms in total. The highest BCUT2D eigenvalue weighted by Crippen LogP contribution is 2.07. The molecule has 0 saturated heterocycles. The fourth-order valence-electron chi connectivity index (χ4n) is 2.49. The maximum Gasteiger partial charge on any atom is 0.305 e. The smallest absolute Gasteiger partial charge is 0.305 e. The quantitative estimate of drug-likeness (QED) is 0.193. The first-order valence-corrected chi connectivity index (χ1v) is 10.6. The molecule has 0 bridgehead atoms. The molecule has 0 aromatic carbocycles. The van der Waals surface area contributed by atoms with E-state index in [-0.39, 0.29) is 19.2 Å². The SMILES string of the molecule is CCCCC/C=C\C/C=C\C/C=C\CCCCCCC(=O)OCC(O)CO. The highest BCUT2D eigenvalue weighted by atomic mass is 16.5. The number of hydrogen-bond acceptors (Lipinski definition) is 4. The predicted molar refractivity (Wildman–Crippen MR) is 113 cm³/mol. The molecular weight excluding hydrogens is 340 g/mol. The minimum Gasteiger partial charge on any atom is -0.463 e. The van der Waals surface area contributed by atoms with Gasteiger partial charge in [0.2, 0.25) is 0 Å². The molecule has 0 heterocycles. The summed E-state index contributed by atoms with van der Waals surface area (Å²) < 4.78 is 4.85. The standard InChI is InChI=1S/C23H40O4/c1-2-3-4-5-6-7-8-9-10-11-12-13-14-15-16-17-18-19-23(26)27-21-22(25)20-24/h6-7,9-10,12-13,22,24-25H,2-5,8,11,14-21H2,1H3/b7-6-,10-9-,13-12-. The molecule has 0 aliphatic carbocycles. The first kappa shape index (κ1) is 25.6. The molecule has 4 heteroatoms. The van der Waals surface area contributed by atoms with E-state index < -0.39 is 6.10 Å². The van der Waals surface area contributed by atoms with Crippen LogP contribution < -0.4 is 0 Å². The summed E-state index contributed by atoms with van der Waals surface area (Å²) in [5.41, 5.74) is 0. The van der Waals surface area contributed by atoms with Crippen molar-refractivity contribution in [3.63, 3.8) is 0 Å². The molecule has 1 unspecified atom stereocenters. The Morgan fingerprint density at radius 1 is 0.852 bits per heavy atom. The van der Waals surface area contributed by atoms with Gasteiger partial charge in [-0.2, -0.15) is 0 Å². The van der Waals surface area contributed by atoms with Crippen molar-refractivity contribution in [3.05, 3.63) is 36.5 Å². The molecule has 0 aliphatic rings. The normalized spacial score (nSPS) is 13.1. The van der Waals surface area contributed by atoms with Crippen LogP contribution in [0, 0.1) is 0 Å². The summed E-state index contributed by atoms with van der Waals surface area (Å²) in [7, 11) is 0. The van der Waals surface area contributed by atoms with E-state index in [4.69, 9.17) is 14.9 Å². The van der Waals surface area contributed by atoms with Crippen LogP contribution in [-0.2, 0) is 9.53 Å². The van der Waals surface area contributed by atoms with Gasteiger partial charge in [-0.05, 0) is 44.9 Å². The zero-order valence-electron chi connectivity index (χ0n) is 17.2. The molecule has 0 spiro atoms. The molecule has 1 atom stereocenters. The van der Waals surface area contributed by atoms with Crippen molar-refractivity contribution >= 4 is 5.97 Å². The van der Waals surface area contributed by atoms with Gasteiger partial charge in [-0.25, -0.2) is 0 Å². The van der Waals surface area contributed by atoms with Gasteiger partial charge in [-0.3, -0.25) is 4.79 Å². The molecule has 0 amide bonds. The van der Waals surface area contributed by atoms with E-state index in [0.717, 1.165) is 44.9 Å². The topological polar surface area (TPSA) is 66.8 Å². The lowest BCUT2D eigenvalue weighted by Crippen LogP contribution is -2.21. The van der Waals surface area contributed by atoms with E-state index in [2.05, 4.69) is 43.4 Å². The van der Waals surface area contributed by atoms with E-state index in [1.807, 2.05) is 0 Å². The number of carbonyl (C=O) groups excluding carboxylic acids is 1. The number of hydrogen-bond donors (Lipinski definition) is 2. The minimum absolute atomic E-state index is 0.121. The Morgan fingerprint density at radius 3 is 2.00 bits per heavy atom.